The fourth-order valence-electron chi connectivity index (χ4n) is 2.41. The summed E-state index contributed by atoms with van der Waals surface area (Å²) in [7, 11) is 0. The van der Waals surface area contributed by atoms with Crippen LogP contribution in [-0.4, -0.2) is 27.8 Å². The van der Waals surface area contributed by atoms with Gasteiger partial charge in [0, 0.05) is 11.5 Å². The Hall–Kier alpha value is -2.38. The number of carbonyl (C=O) groups excluding carboxylic acids is 1. The van der Waals surface area contributed by atoms with Crippen molar-refractivity contribution in [3.05, 3.63) is 35.7 Å². The molecule has 1 heterocycles. The number of nitrogens with one attached hydrogen (secondary N) is 1. The maximum absolute atomic E-state index is 12.7. The summed E-state index contributed by atoms with van der Waals surface area (Å²) in [5, 5.41) is 6.66. The Bertz CT molecular complexity index is 727. The van der Waals surface area contributed by atoms with Crippen molar-refractivity contribution in [3.63, 3.8) is 0 Å². The van der Waals surface area contributed by atoms with Crippen LogP contribution in [0.3, 0.4) is 0 Å². The van der Waals surface area contributed by atoms with Gasteiger partial charge in [0.1, 0.15) is 5.82 Å². The molecule has 1 saturated carbocycles. The normalized spacial score (nSPS) is 20.3. The van der Waals surface area contributed by atoms with Crippen LogP contribution in [0.2, 0.25) is 0 Å². The molecule has 122 valence electrons. The van der Waals surface area contributed by atoms with Crippen LogP contribution in [0.15, 0.2) is 24.3 Å². The first-order chi connectivity index (χ1) is 10.9. The van der Waals surface area contributed by atoms with Gasteiger partial charge in [-0.2, -0.15) is 18.3 Å². The molecule has 1 fully saturated rings. The number of hydrogen-bond acceptors (Lipinski definition) is 4. The third-order valence-electron chi connectivity index (χ3n) is 3.68. The van der Waals surface area contributed by atoms with E-state index in [1.54, 1.807) is 6.92 Å². The zero-order chi connectivity index (χ0) is 16.6. The zero-order valence-electron chi connectivity index (χ0n) is 12.2. The molecule has 0 radical (unpaired) electrons. The van der Waals surface area contributed by atoms with Crippen LogP contribution < -0.4 is 0 Å². The number of esters is 1. The number of halogens is 3. The van der Waals surface area contributed by atoms with E-state index in [0.717, 1.165) is 12.1 Å². The van der Waals surface area contributed by atoms with Crippen LogP contribution in [0.1, 0.15) is 30.7 Å². The maximum atomic E-state index is 12.7. The van der Waals surface area contributed by atoms with Crippen molar-refractivity contribution < 1.29 is 22.7 Å². The number of alkyl halides is 3. The Kier molecular flexibility index (Phi) is 3.83. The molecule has 1 N–H and O–H groups in total. The zero-order valence-corrected chi connectivity index (χ0v) is 12.2. The lowest BCUT2D eigenvalue weighted by atomic mass is 10.1. The minimum atomic E-state index is -4.42. The maximum Gasteiger partial charge on any atom is 0.416 e. The molecule has 5 nitrogen and oxygen atoms in total. The average molecular weight is 325 g/mol. The highest BCUT2D eigenvalue weighted by atomic mass is 19.4. The molecular formula is C15H14F3N3O2. The minimum absolute atomic E-state index is 0.110. The first kappa shape index (κ1) is 15.5. The number of benzene rings is 1. The lowest BCUT2D eigenvalue weighted by Crippen LogP contribution is -2.07. The molecule has 0 saturated heterocycles. The van der Waals surface area contributed by atoms with Crippen molar-refractivity contribution in [2.75, 3.05) is 6.61 Å². The predicted octanol–water partition coefficient (Wildman–Crippen LogP) is 3.16. The lowest BCUT2D eigenvalue weighted by Gasteiger charge is -2.06. The van der Waals surface area contributed by atoms with E-state index in [2.05, 4.69) is 15.2 Å². The summed E-state index contributed by atoms with van der Waals surface area (Å²) in [6, 6.07) is 4.82. The van der Waals surface area contributed by atoms with E-state index < -0.39 is 11.7 Å². The molecule has 0 unspecified atom stereocenters. The molecule has 2 atom stereocenters. The summed E-state index contributed by atoms with van der Waals surface area (Å²) in [4.78, 5) is 15.8. The van der Waals surface area contributed by atoms with Gasteiger partial charge in [-0.05, 0) is 25.5 Å². The summed E-state index contributed by atoms with van der Waals surface area (Å²) in [6.45, 7) is 2.05. The lowest BCUT2D eigenvalue weighted by molar-refractivity contribution is -0.144. The van der Waals surface area contributed by atoms with Gasteiger partial charge >= 0.3 is 12.1 Å². The van der Waals surface area contributed by atoms with Gasteiger partial charge in [0.2, 0.25) is 0 Å². The van der Waals surface area contributed by atoms with Crippen molar-refractivity contribution in [3.8, 4) is 11.4 Å². The van der Waals surface area contributed by atoms with Gasteiger partial charge in [0.05, 0.1) is 18.1 Å². The van der Waals surface area contributed by atoms with Crippen LogP contribution in [0.4, 0.5) is 13.2 Å². The topological polar surface area (TPSA) is 67.9 Å². The molecule has 0 aliphatic heterocycles. The van der Waals surface area contributed by atoms with E-state index in [0.29, 0.717) is 18.9 Å². The molecule has 1 aromatic heterocycles. The number of nitrogens with zero attached hydrogens (tertiary/aromatic N) is 2. The van der Waals surface area contributed by atoms with E-state index in [1.165, 1.54) is 12.1 Å². The second-order valence-corrected chi connectivity index (χ2v) is 5.32. The Morgan fingerprint density at radius 1 is 1.43 bits per heavy atom. The fourth-order valence-corrected chi connectivity index (χ4v) is 2.41. The Balaban J connectivity index is 1.77. The molecule has 1 aliphatic rings. The molecule has 1 aliphatic carbocycles. The van der Waals surface area contributed by atoms with Gasteiger partial charge in [-0.3, -0.25) is 9.89 Å². The van der Waals surface area contributed by atoms with Crippen molar-refractivity contribution in [1.29, 1.82) is 0 Å². The quantitative estimate of drug-likeness (QED) is 0.877. The second-order valence-electron chi connectivity index (χ2n) is 5.32. The van der Waals surface area contributed by atoms with E-state index in [4.69, 9.17) is 4.74 Å². The third kappa shape index (κ3) is 3.20. The number of carbonyl (C=O) groups is 1. The number of aromatic amines is 1. The molecule has 0 spiro atoms. The van der Waals surface area contributed by atoms with E-state index in [9.17, 15) is 18.0 Å². The van der Waals surface area contributed by atoms with Crippen LogP contribution in [0.25, 0.3) is 11.4 Å². The summed E-state index contributed by atoms with van der Waals surface area (Å²) < 4.78 is 43.2. The Labute approximate surface area is 129 Å². The first-order valence-corrected chi connectivity index (χ1v) is 7.16. The molecule has 23 heavy (non-hydrogen) atoms. The summed E-state index contributed by atoms with van der Waals surface area (Å²) >= 11 is 0. The average Bonchev–Trinajstić information content (AvgIpc) is 3.16. The van der Waals surface area contributed by atoms with Crippen LogP contribution >= 0.6 is 0 Å². The van der Waals surface area contributed by atoms with E-state index >= 15 is 0 Å². The van der Waals surface area contributed by atoms with Crippen LogP contribution in [0.5, 0.6) is 0 Å². The van der Waals surface area contributed by atoms with E-state index in [-0.39, 0.29) is 29.2 Å². The first-order valence-electron chi connectivity index (χ1n) is 7.16. The molecule has 0 bridgehead atoms. The van der Waals surface area contributed by atoms with Gasteiger partial charge in [-0.25, -0.2) is 4.98 Å². The third-order valence-corrected chi connectivity index (χ3v) is 3.68. The van der Waals surface area contributed by atoms with Gasteiger partial charge in [0.25, 0.3) is 0 Å². The highest BCUT2D eigenvalue weighted by molar-refractivity contribution is 5.77. The molecule has 2 aromatic rings. The Morgan fingerprint density at radius 3 is 2.91 bits per heavy atom. The molecule has 3 rings (SSSR count). The number of hydrogen-bond donors (Lipinski definition) is 1. The van der Waals surface area contributed by atoms with Crippen LogP contribution in [0, 0.1) is 5.92 Å². The monoisotopic (exact) mass is 325 g/mol. The van der Waals surface area contributed by atoms with Gasteiger partial charge in [-0.1, -0.05) is 12.1 Å². The Morgan fingerprint density at radius 2 is 2.22 bits per heavy atom. The number of aromatic nitrogens is 3. The molecule has 8 heteroatoms. The van der Waals surface area contributed by atoms with Gasteiger partial charge < -0.3 is 4.74 Å². The summed E-state index contributed by atoms with van der Waals surface area (Å²) in [5.41, 5.74) is -0.479. The number of rotatable bonds is 4. The van der Waals surface area contributed by atoms with Crippen molar-refractivity contribution in [1.82, 2.24) is 15.2 Å². The smallest absolute Gasteiger partial charge is 0.416 e. The van der Waals surface area contributed by atoms with Crippen molar-refractivity contribution >= 4 is 5.97 Å². The van der Waals surface area contributed by atoms with Crippen molar-refractivity contribution in [2.45, 2.75) is 25.4 Å². The highest BCUT2D eigenvalue weighted by Crippen LogP contribution is 2.47. The molecule has 0 amide bonds. The van der Waals surface area contributed by atoms with Crippen LogP contribution in [-0.2, 0) is 15.7 Å². The number of ether oxygens (including phenoxy) is 1. The molecule has 1 aromatic carbocycles. The second kappa shape index (κ2) is 5.68. The van der Waals surface area contributed by atoms with Gasteiger partial charge in [-0.15, -0.1) is 0 Å². The number of H-pyrrole nitrogens is 1. The highest BCUT2D eigenvalue weighted by Gasteiger charge is 2.47. The van der Waals surface area contributed by atoms with E-state index in [1.807, 2.05) is 0 Å². The van der Waals surface area contributed by atoms with Gasteiger partial charge in [0.15, 0.2) is 5.82 Å². The SMILES string of the molecule is CCOC(=O)[C@@H]1C[C@H]1c1nc(-c2cccc(C(F)(F)F)c2)n[nH]1. The molecular weight excluding hydrogens is 311 g/mol. The van der Waals surface area contributed by atoms with Crippen molar-refractivity contribution in [2.24, 2.45) is 5.92 Å². The standard InChI is InChI=1S/C15H14F3N3O2/c1-2-23-14(22)11-7-10(11)13-19-12(20-21-13)8-4-3-5-9(6-8)15(16,17)18/h3-6,10-11H,2,7H2,1H3,(H,19,20,21)/t10-,11-/m1/s1. The summed E-state index contributed by atoms with van der Waals surface area (Å²) in [5.74, 6) is 0.0314. The fraction of sp³-hybridized carbons (Fsp3) is 0.400. The largest absolute Gasteiger partial charge is 0.466 e. The minimum Gasteiger partial charge on any atom is -0.466 e. The summed E-state index contributed by atoms with van der Waals surface area (Å²) in [6.07, 6.45) is -3.81. The predicted molar refractivity (Wildman–Crippen MR) is 74.3 cm³/mol.